The number of hydrogen-bond donors (Lipinski definition) is 2. The van der Waals surface area contributed by atoms with Gasteiger partial charge in [-0.1, -0.05) is 12.1 Å². The number of aromatic nitrogens is 3. The first-order chi connectivity index (χ1) is 11.7. The predicted molar refractivity (Wildman–Crippen MR) is 91.2 cm³/mol. The Bertz CT molecular complexity index is 843. The predicted octanol–water partition coefficient (Wildman–Crippen LogP) is 2.45. The topological polar surface area (TPSA) is 80.0 Å². The van der Waals surface area contributed by atoms with E-state index in [1.807, 2.05) is 31.2 Å². The van der Waals surface area contributed by atoms with Crippen molar-refractivity contribution in [2.45, 2.75) is 13.5 Å². The molecule has 0 fully saturated rings. The van der Waals surface area contributed by atoms with Gasteiger partial charge in [-0.25, -0.2) is 0 Å². The molecule has 2 aromatic heterocycles. The monoisotopic (exact) mass is 322 g/mol. The average molecular weight is 322 g/mol. The van der Waals surface area contributed by atoms with Gasteiger partial charge in [-0.2, -0.15) is 5.10 Å². The van der Waals surface area contributed by atoms with Gasteiger partial charge < -0.3 is 10.4 Å². The smallest absolute Gasteiger partial charge is 0.241 e. The number of carbonyl (C=O) groups excluding carboxylic acids is 1. The third-order valence-electron chi connectivity index (χ3n) is 3.60. The van der Waals surface area contributed by atoms with Crippen molar-refractivity contribution < 1.29 is 9.90 Å². The summed E-state index contributed by atoms with van der Waals surface area (Å²) < 4.78 is 1.64. The Kier molecular flexibility index (Phi) is 4.56. The number of phenolic OH excluding ortho intramolecular Hbond substituents is 1. The number of carbonyl (C=O) groups is 1. The Morgan fingerprint density at radius 1 is 1.21 bits per heavy atom. The van der Waals surface area contributed by atoms with E-state index in [4.69, 9.17) is 0 Å². The molecule has 0 aliphatic heterocycles. The summed E-state index contributed by atoms with van der Waals surface area (Å²) >= 11 is 0. The van der Waals surface area contributed by atoms with Crippen LogP contribution in [0.15, 0.2) is 54.9 Å². The lowest BCUT2D eigenvalue weighted by Gasteiger charge is -2.07. The summed E-state index contributed by atoms with van der Waals surface area (Å²) in [6, 6.07) is 12.6. The fourth-order valence-corrected chi connectivity index (χ4v) is 2.50. The molecule has 122 valence electrons. The van der Waals surface area contributed by atoms with E-state index >= 15 is 0 Å². The maximum atomic E-state index is 12.0. The minimum Gasteiger partial charge on any atom is -0.507 e. The molecule has 24 heavy (non-hydrogen) atoms. The third-order valence-corrected chi connectivity index (χ3v) is 3.60. The van der Waals surface area contributed by atoms with Crippen LogP contribution in [0.1, 0.15) is 6.92 Å². The van der Waals surface area contributed by atoms with Gasteiger partial charge in [0.15, 0.2) is 0 Å². The summed E-state index contributed by atoms with van der Waals surface area (Å²) in [7, 11) is 0. The summed E-state index contributed by atoms with van der Waals surface area (Å²) in [6.07, 6.45) is 3.39. The molecular weight excluding hydrogens is 304 g/mol. The third kappa shape index (κ3) is 3.27. The van der Waals surface area contributed by atoms with Crippen molar-refractivity contribution >= 4 is 5.91 Å². The number of phenols is 1. The quantitative estimate of drug-likeness (QED) is 0.756. The number of aromatic hydroxyl groups is 1. The van der Waals surface area contributed by atoms with Gasteiger partial charge in [0, 0.05) is 30.1 Å². The van der Waals surface area contributed by atoms with Crippen molar-refractivity contribution in [2.75, 3.05) is 6.54 Å². The number of benzene rings is 1. The van der Waals surface area contributed by atoms with Crippen LogP contribution in [0.3, 0.4) is 0 Å². The Morgan fingerprint density at radius 2 is 1.96 bits per heavy atom. The van der Waals surface area contributed by atoms with E-state index in [1.54, 1.807) is 35.3 Å². The molecule has 3 aromatic rings. The highest BCUT2D eigenvalue weighted by molar-refractivity contribution is 5.78. The molecule has 0 unspecified atom stereocenters. The van der Waals surface area contributed by atoms with E-state index in [9.17, 15) is 9.90 Å². The molecule has 0 atom stereocenters. The molecule has 3 rings (SSSR count). The number of nitrogens with zero attached hydrogens (tertiary/aromatic N) is 3. The summed E-state index contributed by atoms with van der Waals surface area (Å²) in [4.78, 5) is 16.0. The molecule has 0 aliphatic carbocycles. The Hall–Kier alpha value is -3.15. The molecular formula is C18H18N4O2. The fourth-order valence-electron chi connectivity index (χ4n) is 2.50. The minimum absolute atomic E-state index is 0.110. The normalized spacial score (nSPS) is 10.5. The van der Waals surface area contributed by atoms with Gasteiger partial charge in [-0.3, -0.25) is 14.5 Å². The lowest BCUT2D eigenvalue weighted by atomic mass is 10.1. The second-order valence-electron chi connectivity index (χ2n) is 5.28. The molecule has 0 radical (unpaired) electrons. The van der Waals surface area contributed by atoms with E-state index in [0.29, 0.717) is 17.8 Å². The Balaban J connectivity index is 2.06. The van der Waals surface area contributed by atoms with Crippen LogP contribution in [0.25, 0.3) is 22.5 Å². The van der Waals surface area contributed by atoms with E-state index in [-0.39, 0.29) is 18.2 Å². The van der Waals surface area contributed by atoms with Gasteiger partial charge in [-0.05, 0) is 37.3 Å². The summed E-state index contributed by atoms with van der Waals surface area (Å²) in [6.45, 7) is 2.55. The zero-order chi connectivity index (χ0) is 16.9. The molecule has 2 heterocycles. The number of rotatable bonds is 5. The molecule has 0 saturated heterocycles. The number of nitrogens with one attached hydrogen (secondary N) is 1. The highest BCUT2D eigenvalue weighted by atomic mass is 16.3. The van der Waals surface area contributed by atoms with Crippen molar-refractivity contribution in [3.63, 3.8) is 0 Å². The molecule has 0 saturated carbocycles. The van der Waals surface area contributed by atoms with Crippen molar-refractivity contribution in [2.24, 2.45) is 0 Å². The van der Waals surface area contributed by atoms with Crippen LogP contribution < -0.4 is 5.32 Å². The summed E-state index contributed by atoms with van der Waals surface area (Å²) in [5, 5.41) is 17.3. The Morgan fingerprint density at radius 3 is 2.67 bits per heavy atom. The zero-order valence-corrected chi connectivity index (χ0v) is 13.3. The van der Waals surface area contributed by atoms with Crippen LogP contribution in [0.4, 0.5) is 0 Å². The summed E-state index contributed by atoms with van der Waals surface area (Å²) in [5.74, 6) is 0.0428. The SMILES string of the molecule is CCNC(=O)Cn1nc(-c2ccccc2O)cc1-c1ccncc1. The first kappa shape index (κ1) is 15.7. The lowest BCUT2D eigenvalue weighted by molar-refractivity contribution is -0.121. The fraction of sp³-hybridized carbons (Fsp3) is 0.167. The van der Waals surface area contributed by atoms with E-state index in [2.05, 4.69) is 15.4 Å². The highest BCUT2D eigenvalue weighted by Crippen LogP contribution is 2.31. The summed E-state index contributed by atoms with van der Waals surface area (Å²) in [5.41, 5.74) is 2.94. The molecule has 6 heteroatoms. The molecule has 2 N–H and O–H groups in total. The van der Waals surface area contributed by atoms with Gasteiger partial charge in [0.25, 0.3) is 0 Å². The maximum absolute atomic E-state index is 12.0. The average Bonchev–Trinajstić information content (AvgIpc) is 3.00. The number of para-hydroxylation sites is 1. The van der Waals surface area contributed by atoms with Crippen LogP contribution in [0.2, 0.25) is 0 Å². The highest BCUT2D eigenvalue weighted by Gasteiger charge is 2.15. The van der Waals surface area contributed by atoms with Gasteiger partial charge in [0.2, 0.25) is 5.91 Å². The lowest BCUT2D eigenvalue weighted by Crippen LogP contribution is -2.27. The van der Waals surface area contributed by atoms with Crippen LogP contribution in [-0.4, -0.2) is 32.3 Å². The second-order valence-corrected chi connectivity index (χ2v) is 5.28. The first-order valence-electron chi connectivity index (χ1n) is 7.72. The Labute approximate surface area is 139 Å². The van der Waals surface area contributed by atoms with Crippen LogP contribution in [0, 0.1) is 0 Å². The second kappa shape index (κ2) is 6.95. The van der Waals surface area contributed by atoms with Crippen molar-refractivity contribution in [3.8, 4) is 28.3 Å². The molecule has 1 aromatic carbocycles. The van der Waals surface area contributed by atoms with Crippen molar-refractivity contribution in [1.29, 1.82) is 0 Å². The number of amides is 1. The molecule has 0 aliphatic rings. The zero-order valence-electron chi connectivity index (χ0n) is 13.3. The standard InChI is InChI=1S/C18H18N4O2/c1-2-20-18(24)12-22-16(13-7-9-19-10-8-13)11-15(21-22)14-5-3-4-6-17(14)23/h3-11,23H,2,12H2,1H3,(H,20,24). The largest absolute Gasteiger partial charge is 0.507 e. The minimum atomic E-state index is -0.111. The van der Waals surface area contributed by atoms with Crippen molar-refractivity contribution in [3.05, 3.63) is 54.9 Å². The van der Waals surface area contributed by atoms with Gasteiger partial charge in [0.1, 0.15) is 12.3 Å². The molecule has 0 spiro atoms. The molecule has 1 amide bonds. The van der Waals surface area contributed by atoms with E-state index in [0.717, 1.165) is 11.3 Å². The van der Waals surface area contributed by atoms with E-state index in [1.165, 1.54) is 0 Å². The van der Waals surface area contributed by atoms with Gasteiger partial charge >= 0.3 is 0 Å². The van der Waals surface area contributed by atoms with Crippen LogP contribution in [-0.2, 0) is 11.3 Å². The van der Waals surface area contributed by atoms with Crippen LogP contribution in [0.5, 0.6) is 5.75 Å². The first-order valence-corrected chi connectivity index (χ1v) is 7.72. The van der Waals surface area contributed by atoms with E-state index < -0.39 is 0 Å². The molecule has 6 nitrogen and oxygen atoms in total. The van der Waals surface area contributed by atoms with Gasteiger partial charge in [0.05, 0.1) is 11.4 Å². The molecule has 0 bridgehead atoms. The van der Waals surface area contributed by atoms with Crippen LogP contribution >= 0.6 is 0 Å². The number of pyridine rings is 1. The maximum Gasteiger partial charge on any atom is 0.241 e. The van der Waals surface area contributed by atoms with Gasteiger partial charge in [-0.15, -0.1) is 0 Å². The number of likely N-dealkylation sites (N-methyl/N-ethyl adjacent to an activating group) is 1. The van der Waals surface area contributed by atoms with Crippen molar-refractivity contribution in [1.82, 2.24) is 20.1 Å². The number of hydrogen-bond acceptors (Lipinski definition) is 4.